The van der Waals surface area contributed by atoms with E-state index in [-0.39, 0.29) is 0 Å². The SMILES string of the molecule is CN1CCC[C@@H](c2cccnn2)C1. The minimum Gasteiger partial charge on any atom is -0.306 e. The molecule has 70 valence electrons. The van der Waals surface area contributed by atoms with Gasteiger partial charge >= 0.3 is 0 Å². The van der Waals surface area contributed by atoms with E-state index in [0.717, 1.165) is 12.2 Å². The lowest BCUT2D eigenvalue weighted by Crippen LogP contribution is -2.31. The molecular formula is C10H15N3. The molecule has 0 unspecified atom stereocenters. The maximum absolute atomic E-state index is 4.16. The summed E-state index contributed by atoms with van der Waals surface area (Å²) in [5, 5.41) is 8.08. The minimum atomic E-state index is 0.590. The van der Waals surface area contributed by atoms with Crippen molar-refractivity contribution < 1.29 is 0 Å². The summed E-state index contributed by atoms with van der Waals surface area (Å²) in [5.74, 6) is 0.590. The highest BCUT2D eigenvalue weighted by molar-refractivity contribution is 5.07. The summed E-state index contributed by atoms with van der Waals surface area (Å²) in [6, 6.07) is 4.05. The molecule has 3 nitrogen and oxygen atoms in total. The molecule has 2 heterocycles. The van der Waals surface area contributed by atoms with Gasteiger partial charge in [0.2, 0.25) is 0 Å². The molecule has 0 saturated carbocycles. The maximum Gasteiger partial charge on any atom is 0.0674 e. The fourth-order valence-corrected chi connectivity index (χ4v) is 1.94. The summed E-state index contributed by atoms with van der Waals surface area (Å²) in [7, 11) is 2.17. The van der Waals surface area contributed by atoms with Crippen LogP contribution in [0.5, 0.6) is 0 Å². The van der Waals surface area contributed by atoms with Crippen LogP contribution in [0.15, 0.2) is 18.3 Å². The first-order chi connectivity index (χ1) is 6.36. The first kappa shape index (κ1) is 8.63. The van der Waals surface area contributed by atoms with Crippen molar-refractivity contribution in [2.24, 2.45) is 0 Å². The fourth-order valence-electron chi connectivity index (χ4n) is 1.94. The van der Waals surface area contributed by atoms with E-state index in [4.69, 9.17) is 0 Å². The quantitative estimate of drug-likeness (QED) is 0.647. The molecule has 1 aromatic heterocycles. The zero-order valence-corrected chi connectivity index (χ0v) is 7.98. The Bertz CT molecular complexity index is 260. The lowest BCUT2D eigenvalue weighted by atomic mass is 9.95. The zero-order chi connectivity index (χ0) is 9.10. The molecule has 0 aliphatic carbocycles. The molecule has 1 aromatic rings. The van der Waals surface area contributed by atoms with Crippen LogP contribution in [0.25, 0.3) is 0 Å². The molecule has 3 heteroatoms. The topological polar surface area (TPSA) is 29.0 Å². The Labute approximate surface area is 78.8 Å². The second kappa shape index (κ2) is 3.83. The number of hydrogen-bond donors (Lipinski definition) is 0. The first-order valence-corrected chi connectivity index (χ1v) is 4.82. The Hall–Kier alpha value is -0.960. The molecule has 0 spiro atoms. The van der Waals surface area contributed by atoms with Gasteiger partial charge in [0.05, 0.1) is 5.69 Å². The van der Waals surface area contributed by atoms with Gasteiger partial charge in [0.15, 0.2) is 0 Å². The van der Waals surface area contributed by atoms with E-state index in [2.05, 4.69) is 28.2 Å². The van der Waals surface area contributed by atoms with Gasteiger partial charge in [0.1, 0.15) is 0 Å². The number of aromatic nitrogens is 2. The van der Waals surface area contributed by atoms with Gasteiger partial charge in [-0.25, -0.2) is 0 Å². The van der Waals surface area contributed by atoms with Crippen LogP contribution in [-0.4, -0.2) is 35.2 Å². The molecular weight excluding hydrogens is 162 g/mol. The first-order valence-electron chi connectivity index (χ1n) is 4.82. The van der Waals surface area contributed by atoms with E-state index in [0.29, 0.717) is 5.92 Å². The van der Waals surface area contributed by atoms with Crippen molar-refractivity contribution in [1.29, 1.82) is 0 Å². The highest BCUT2D eigenvalue weighted by atomic mass is 15.1. The summed E-state index contributed by atoms with van der Waals surface area (Å²) in [4.78, 5) is 2.36. The van der Waals surface area contributed by atoms with Crippen molar-refractivity contribution in [3.8, 4) is 0 Å². The Morgan fingerprint density at radius 1 is 1.54 bits per heavy atom. The molecule has 0 radical (unpaired) electrons. The third-order valence-electron chi connectivity index (χ3n) is 2.64. The fraction of sp³-hybridized carbons (Fsp3) is 0.600. The lowest BCUT2D eigenvalue weighted by molar-refractivity contribution is 0.248. The smallest absolute Gasteiger partial charge is 0.0674 e. The van der Waals surface area contributed by atoms with Crippen molar-refractivity contribution in [2.45, 2.75) is 18.8 Å². The number of likely N-dealkylation sites (tertiary alicyclic amines) is 1. The Morgan fingerprint density at radius 2 is 2.46 bits per heavy atom. The van der Waals surface area contributed by atoms with E-state index < -0.39 is 0 Å². The van der Waals surface area contributed by atoms with E-state index in [1.807, 2.05) is 6.07 Å². The van der Waals surface area contributed by atoms with Crippen LogP contribution in [0.3, 0.4) is 0 Å². The molecule has 1 saturated heterocycles. The Balaban J connectivity index is 2.08. The highest BCUT2D eigenvalue weighted by Crippen LogP contribution is 2.23. The molecule has 13 heavy (non-hydrogen) atoms. The lowest BCUT2D eigenvalue weighted by Gasteiger charge is -2.28. The molecule has 0 N–H and O–H groups in total. The highest BCUT2D eigenvalue weighted by Gasteiger charge is 2.19. The van der Waals surface area contributed by atoms with Crippen LogP contribution in [0.1, 0.15) is 24.5 Å². The average molecular weight is 177 g/mol. The zero-order valence-electron chi connectivity index (χ0n) is 7.98. The van der Waals surface area contributed by atoms with Gasteiger partial charge in [-0.05, 0) is 38.6 Å². The van der Waals surface area contributed by atoms with Crippen LogP contribution in [0.4, 0.5) is 0 Å². The summed E-state index contributed by atoms with van der Waals surface area (Å²) in [5.41, 5.74) is 1.15. The molecule has 1 atom stereocenters. The molecule has 0 aromatic carbocycles. The van der Waals surface area contributed by atoms with Crippen molar-refractivity contribution in [2.75, 3.05) is 20.1 Å². The van der Waals surface area contributed by atoms with Gasteiger partial charge < -0.3 is 4.90 Å². The summed E-state index contributed by atoms with van der Waals surface area (Å²) < 4.78 is 0. The minimum absolute atomic E-state index is 0.590. The second-order valence-corrected chi connectivity index (χ2v) is 3.75. The predicted octanol–water partition coefficient (Wildman–Crippen LogP) is 1.29. The van der Waals surface area contributed by atoms with Crippen LogP contribution in [-0.2, 0) is 0 Å². The monoisotopic (exact) mass is 177 g/mol. The van der Waals surface area contributed by atoms with Crippen molar-refractivity contribution in [3.05, 3.63) is 24.0 Å². The largest absolute Gasteiger partial charge is 0.306 e. The number of likely N-dealkylation sites (N-methyl/N-ethyl adjacent to an activating group) is 1. The van der Waals surface area contributed by atoms with Gasteiger partial charge in [-0.2, -0.15) is 10.2 Å². The number of nitrogens with zero attached hydrogens (tertiary/aromatic N) is 3. The van der Waals surface area contributed by atoms with E-state index in [1.54, 1.807) is 6.20 Å². The molecule has 1 aliphatic rings. The number of rotatable bonds is 1. The molecule has 0 bridgehead atoms. The summed E-state index contributed by atoms with van der Waals surface area (Å²) in [6.07, 6.45) is 4.26. The summed E-state index contributed by atoms with van der Waals surface area (Å²) in [6.45, 7) is 2.34. The van der Waals surface area contributed by atoms with Gasteiger partial charge in [-0.3, -0.25) is 0 Å². The van der Waals surface area contributed by atoms with Crippen LogP contribution in [0.2, 0.25) is 0 Å². The van der Waals surface area contributed by atoms with E-state index in [9.17, 15) is 0 Å². The van der Waals surface area contributed by atoms with Crippen LogP contribution in [0, 0.1) is 0 Å². The van der Waals surface area contributed by atoms with Gasteiger partial charge in [0.25, 0.3) is 0 Å². The normalized spacial score (nSPS) is 24.5. The van der Waals surface area contributed by atoms with Crippen molar-refractivity contribution >= 4 is 0 Å². The average Bonchev–Trinajstić information content (AvgIpc) is 2.19. The third-order valence-corrected chi connectivity index (χ3v) is 2.64. The van der Waals surface area contributed by atoms with Crippen molar-refractivity contribution in [3.63, 3.8) is 0 Å². The van der Waals surface area contributed by atoms with E-state index in [1.165, 1.54) is 19.4 Å². The predicted molar refractivity (Wildman–Crippen MR) is 51.5 cm³/mol. The van der Waals surface area contributed by atoms with Gasteiger partial charge in [0, 0.05) is 18.7 Å². The third kappa shape index (κ3) is 2.04. The number of hydrogen-bond acceptors (Lipinski definition) is 3. The Morgan fingerprint density at radius 3 is 3.15 bits per heavy atom. The standard InChI is InChI=1S/C10H15N3/c1-13-7-3-4-9(8-13)10-5-2-6-11-12-10/h2,5-6,9H,3-4,7-8H2,1H3/t9-/m1/s1. The molecule has 2 rings (SSSR count). The van der Waals surface area contributed by atoms with Crippen molar-refractivity contribution in [1.82, 2.24) is 15.1 Å². The number of piperidine rings is 1. The van der Waals surface area contributed by atoms with Gasteiger partial charge in [-0.1, -0.05) is 0 Å². The maximum atomic E-state index is 4.16. The van der Waals surface area contributed by atoms with E-state index >= 15 is 0 Å². The van der Waals surface area contributed by atoms with Gasteiger partial charge in [-0.15, -0.1) is 0 Å². The second-order valence-electron chi connectivity index (χ2n) is 3.75. The summed E-state index contributed by atoms with van der Waals surface area (Å²) >= 11 is 0. The Kier molecular flexibility index (Phi) is 2.54. The molecule has 0 amide bonds. The van der Waals surface area contributed by atoms with Crippen LogP contribution >= 0.6 is 0 Å². The molecule has 1 fully saturated rings. The molecule has 1 aliphatic heterocycles. The van der Waals surface area contributed by atoms with Crippen LogP contribution < -0.4 is 0 Å².